The molecule has 118 valence electrons. The van der Waals surface area contributed by atoms with E-state index < -0.39 is 9.84 Å². The van der Waals surface area contributed by atoms with Crippen LogP contribution in [0.4, 0.5) is 0 Å². The average Bonchev–Trinajstić information content (AvgIpc) is 2.37. The Morgan fingerprint density at radius 1 is 1.20 bits per heavy atom. The largest absolute Gasteiger partial charge is 0.355 e. The van der Waals surface area contributed by atoms with Crippen LogP contribution in [0.2, 0.25) is 0 Å². The molecule has 1 fully saturated rings. The molecule has 1 amide bonds. The Kier molecular flexibility index (Phi) is 7.51. The summed E-state index contributed by atoms with van der Waals surface area (Å²) in [4.78, 5) is 13.7. The van der Waals surface area contributed by atoms with Crippen LogP contribution in [-0.4, -0.2) is 57.9 Å². The maximum Gasteiger partial charge on any atom is 0.220 e. The zero-order valence-electron chi connectivity index (χ0n) is 12.7. The Bertz CT molecular complexity index is 389. The van der Waals surface area contributed by atoms with Crippen molar-refractivity contribution in [2.75, 3.05) is 38.7 Å². The summed E-state index contributed by atoms with van der Waals surface area (Å²) >= 11 is 0. The third-order valence-electron chi connectivity index (χ3n) is 3.86. The standard InChI is InChI=1S/C14H28N2O3S/c1-16(10-11-20(2,18)19)9-8-15-14(17)12-13-6-4-3-5-7-13/h13H,3-12H2,1-2H3,(H,15,17). The molecule has 0 unspecified atom stereocenters. The summed E-state index contributed by atoms with van der Waals surface area (Å²) < 4.78 is 22.1. The number of hydrogen-bond donors (Lipinski definition) is 1. The fourth-order valence-corrected chi connectivity index (χ4v) is 3.19. The molecule has 0 aromatic carbocycles. The zero-order valence-corrected chi connectivity index (χ0v) is 13.5. The van der Waals surface area contributed by atoms with E-state index in [1.807, 2.05) is 11.9 Å². The normalized spacial score (nSPS) is 17.4. The lowest BCUT2D eigenvalue weighted by molar-refractivity contribution is -0.122. The Morgan fingerprint density at radius 3 is 2.45 bits per heavy atom. The second-order valence-electron chi connectivity index (χ2n) is 5.99. The van der Waals surface area contributed by atoms with Crippen LogP contribution in [0.25, 0.3) is 0 Å². The van der Waals surface area contributed by atoms with Crippen molar-refractivity contribution < 1.29 is 13.2 Å². The molecule has 0 spiro atoms. The van der Waals surface area contributed by atoms with Crippen LogP contribution in [0.1, 0.15) is 38.5 Å². The van der Waals surface area contributed by atoms with Gasteiger partial charge in [0, 0.05) is 32.3 Å². The predicted molar refractivity (Wildman–Crippen MR) is 81.4 cm³/mol. The van der Waals surface area contributed by atoms with E-state index in [1.165, 1.54) is 38.4 Å². The van der Waals surface area contributed by atoms with E-state index in [0.717, 1.165) is 0 Å². The van der Waals surface area contributed by atoms with Gasteiger partial charge in [0.05, 0.1) is 5.75 Å². The quantitative estimate of drug-likeness (QED) is 0.728. The van der Waals surface area contributed by atoms with Gasteiger partial charge in [-0.3, -0.25) is 4.79 Å². The summed E-state index contributed by atoms with van der Waals surface area (Å²) in [5, 5.41) is 2.93. The summed E-state index contributed by atoms with van der Waals surface area (Å²) in [5.41, 5.74) is 0. The highest BCUT2D eigenvalue weighted by atomic mass is 32.2. The average molecular weight is 304 g/mol. The Morgan fingerprint density at radius 2 is 1.85 bits per heavy atom. The first-order valence-electron chi connectivity index (χ1n) is 7.50. The fraction of sp³-hybridized carbons (Fsp3) is 0.929. The number of sulfone groups is 1. The number of likely N-dealkylation sites (N-methyl/N-ethyl adjacent to an activating group) is 1. The van der Waals surface area contributed by atoms with Crippen LogP contribution in [0.3, 0.4) is 0 Å². The van der Waals surface area contributed by atoms with E-state index in [-0.39, 0.29) is 11.7 Å². The first-order chi connectivity index (χ1) is 9.37. The molecule has 0 atom stereocenters. The number of carbonyl (C=O) groups excluding carboxylic acids is 1. The smallest absolute Gasteiger partial charge is 0.220 e. The van der Waals surface area contributed by atoms with Crippen molar-refractivity contribution in [2.24, 2.45) is 5.92 Å². The molecule has 6 heteroatoms. The van der Waals surface area contributed by atoms with Crippen molar-refractivity contribution in [1.29, 1.82) is 0 Å². The minimum absolute atomic E-state index is 0.133. The second-order valence-corrected chi connectivity index (χ2v) is 8.25. The summed E-state index contributed by atoms with van der Waals surface area (Å²) in [5.74, 6) is 0.861. The molecule has 5 nitrogen and oxygen atoms in total. The molecule has 1 aliphatic rings. The number of rotatable bonds is 8. The predicted octanol–water partition coefficient (Wildman–Crippen LogP) is 1.05. The van der Waals surface area contributed by atoms with Crippen molar-refractivity contribution in [3.63, 3.8) is 0 Å². The summed E-state index contributed by atoms with van der Waals surface area (Å²) in [6, 6.07) is 0. The molecule has 0 saturated heterocycles. The topological polar surface area (TPSA) is 66.5 Å². The molecule has 0 heterocycles. The number of nitrogens with one attached hydrogen (secondary N) is 1. The lowest BCUT2D eigenvalue weighted by Crippen LogP contribution is -2.35. The lowest BCUT2D eigenvalue weighted by Gasteiger charge is -2.21. The van der Waals surface area contributed by atoms with E-state index in [1.54, 1.807) is 0 Å². The van der Waals surface area contributed by atoms with Crippen molar-refractivity contribution in [3.8, 4) is 0 Å². The third-order valence-corrected chi connectivity index (χ3v) is 4.78. The van der Waals surface area contributed by atoms with Crippen LogP contribution >= 0.6 is 0 Å². The highest BCUT2D eigenvalue weighted by Gasteiger charge is 2.16. The number of amides is 1. The van der Waals surface area contributed by atoms with E-state index >= 15 is 0 Å². The number of nitrogens with zero attached hydrogens (tertiary/aromatic N) is 1. The van der Waals surface area contributed by atoms with Gasteiger partial charge in [-0.25, -0.2) is 8.42 Å². The third kappa shape index (κ3) is 8.53. The van der Waals surface area contributed by atoms with Gasteiger partial charge in [0.25, 0.3) is 0 Å². The van der Waals surface area contributed by atoms with Crippen LogP contribution in [0.15, 0.2) is 0 Å². The van der Waals surface area contributed by atoms with Crippen molar-refractivity contribution in [2.45, 2.75) is 38.5 Å². The number of carbonyl (C=O) groups is 1. The van der Waals surface area contributed by atoms with E-state index in [4.69, 9.17) is 0 Å². The Balaban J connectivity index is 2.08. The second kappa shape index (κ2) is 8.62. The lowest BCUT2D eigenvalue weighted by atomic mass is 9.87. The maximum atomic E-state index is 11.8. The minimum Gasteiger partial charge on any atom is -0.355 e. The molecule has 1 N–H and O–H groups in total. The molecular formula is C14H28N2O3S. The van der Waals surface area contributed by atoms with Crippen LogP contribution in [-0.2, 0) is 14.6 Å². The fourth-order valence-electron chi connectivity index (χ4n) is 2.55. The molecule has 0 bridgehead atoms. The maximum absolute atomic E-state index is 11.8. The van der Waals surface area contributed by atoms with Gasteiger partial charge in [-0.2, -0.15) is 0 Å². The van der Waals surface area contributed by atoms with Crippen LogP contribution < -0.4 is 5.32 Å². The van der Waals surface area contributed by atoms with E-state index in [2.05, 4.69) is 5.32 Å². The molecule has 0 radical (unpaired) electrons. The van der Waals surface area contributed by atoms with Crippen LogP contribution in [0, 0.1) is 5.92 Å². The molecule has 0 aromatic heterocycles. The highest BCUT2D eigenvalue weighted by Crippen LogP contribution is 2.25. The first-order valence-corrected chi connectivity index (χ1v) is 9.56. The molecule has 1 aliphatic carbocycles. The molecule has 0 aromatic rings. The van der Waals surface area contributed by atoms with E-state index in [0.29, 0.717) is 32.0 Å². The highest BCUT2D eigenvalue weighted by molar-refractivity contribution is 7.90. The van der Waals surface area contributed by atoms with Gasteiger partial charge in [-0.1, -0.05) is 19.3 Å². The van der Waals surface area contributed by atoms with Gasteiger partial charge >= 0.3 is 0 Å². The Labute approximate surface area is 123 Å². The summed E-state index contributed by atoms with van der Waals surface area (Å²) in [6.45, 7) is 1.79. The summed E-state index contributed by atoms with van der Waals surface area (Å²) in [6.07, 6.45) is 8.07. The molecular weight excluding hydrogens is 276 g/mol. The van der Waals surface area contributed by atoms with Crippen molar-refractivity contribution >= 4 is 15.7 Å². The Hall–Kier alpha value is -0.620. The monoisotopic (exact) mass is 304 g/mol. The van der Waals surface area contributed by atoms with Gasteiger partial charge in [-0.15, -0.1) is 0 Å². The zero-order chi connectivity index (χ0) is 15.0. The molecule has 20 heavy (non-hydrogen) atoms. The van der Waals surface area contributed by atoms with Gasteiger partial charge < -0.3 is 10.2 Å². The number of hydrogen-bond acceptors (Lipinski definition) is 4. The van der Waals surface area contributed by atoms with Gasteiger partial charge in [0.15, 0.2) is 0 Å². The first kappa shape index (κ1) is 17.4. The van der Waals surface area contributed by atoms with E-state index in [9.17, 15) is 13.2 Å². The molecule has 0 aliphatic heterocycles. The minimum atomic E-state index is -2.91. The van der Waals surface area contributed by atoms with Crippen molar-refractivity contribution in [3.05, 3.63) is 0 Å². The van der Waals surface area contributed by atoms with Crippen molar-refractivity contribution in [1.82, 2.24) is 10.2 Å². The molecule has 1 saturated carbocycles. The summed E-state index contributed by atoms with van der Waals surface area (Å²) in [7, 11) is -1.04. The molecule has 1 rings (SSSR count). The van der Waals surface area contributed by atoms with Crippen LogP contribution in [0.5, 0.6) is 0 Å². The van der Waals surface area contributed by atoms with Gasteiger partial charge in [0.1, 0.15) is 9.84 Å². The van der Waals surface area contributed by atoms with Gasteiger partial charge in [0.2, 0.25) is 5.91 Å². The van der Waals surface area contributed by atoms with Gasteiger partial charge in [-0.05, 0) is 25.8 Å². The SMILES string of the molecule is CN(CCNC(=O)CC1CCCCC1)CCS(C)(=O)=O.